The largest absolute Gasteiger partial charge is 0.301 e. The minimum Gasteiger partial charge on any atom is -0.301 e. The average Bonchev–Trinajstić information content (AvgIpc) is 2.21. The van der Waals surface area contributed by atoms with Crippen LogP contribution in [-0.4, -0.2) is 18.5 Å². The second-order valence-corrected chi connectivity index (χ2v) is 4.15. The van der Waals surface area contributed by atoms with Gasteiger partial charge in [-0.25, -0.2) is 0 Å². The molecule has 1 aromatic rings. The molecule has 15 heavy (non-hydrogen) atoms. The highest BCUT2D eigenvalue weighted by Crippen LogP contribution is 2.10. The van der Waals surface area contributed by atoms with E-state index in [1.54, 1.807) is 0 Å². The van der Waals surface area contributed by atoms with Crippen molar-refractivity contribution in [3.05, 3.63) is 35.4 Å². The van der Waals surface area contributed by atoms with Crippen LogP contribution < -0.4 is 0 Å². The van der Waals surface area contributed by atoms with Gasteiger partial charge in [-0.2, -0.15) is 5.26 Å². The van der Waals surface area contributed by atoms with Crippen LogP contribution in [0.3, 0.4) is 0 Å². The number of nitrogens with zero attached hydrogens (tertiary/aromatic N) is 2. The zero-order chi connectivity index (χ0) is 11.3. The van der Waals surface area contributed by atoms with Crippen LogP contribution in [0.1, 0.15) is 18.1 Å². The molecule has 2 nitrogen and oxygen atoms in total. The van der Waals surface area contributed by atoms with Gasteiger partial charge in [0.15, 0.2) is 0 Å². The number of hydrogen-bond donors (Lipinski definition) is 0. The molecular formula is C13H18N2. The Morgan fingerprint density at radius 3 is 2.67 bits per heavy atom. The quantitative estimate of drug-likeness (QED) is 0.750. The highest BCUT2D eigenvalue weighted by Gasteiger charge is 2.06. The van der Waals surface area contributed by atoms with E-state index in [1.165, 1.54) is 11.1 Å². The van der Waals surface area contributed by atoms with E-state index < -0.39 is 0 Å². The predicted octanol–water partition coefficient (Wildman–Crippen LogP) is 2.59. The molecule has 0 N–H and O–H groups in total. The lowest BCUT2D eigenvalue weighted by atomic mass is 10.1. The van der Waals surface area contributed by atoms with Crippen LogP contribution in [0.15, 0.2) is 24.3 Å². The van der Waals surface area contributed by atoms with Gasteiger partial charge < -0.3 is 4.90 Å². The minimum atomic E-state index is 0.0963. The Morgan fingerprint density at radius 1 is 1.40 bits per heavy atom. The first-order chi connectivity index (χ1) is 7.13. The summed E-state index contributed by atoms with van der Waals surface area (Å²) >= 11 is 0. The first-order valence-corrected chi connectivity index (χ1v) is 5.26. The van der Waals surface area contributed by atoms with E-state index in [9.17, 15) is 0 Å². The predicted molar refractivity (Wildman–Crippen MR) is 62.3 cm³/mol. The standard InChI is InChI=1S/C13H18N2/c1-11(8-14)9-15(3)10-13-7-5-4-6-12(13)2/h4-7,11H,9-10H2,1-3H3/t11-/m1/s1. The summed E-state index contributed by atoms with van der Waals surface area (Å²) in [6.45, 7) is 5.81. The van der Waals surface area contributed by atoms with Crippen LogP contribution in [0.25, 0.3) is 0 Å². The van der Waals surface area contributed by atoms with Crippen LogP contribution in [0.2, 0.25) is 0 Å². The summed E-state index contributed by atoms with van der Waals surface area (Å²) in [6, 6.07) is 10.6. The molecule has 0 bridgehead atoms. The Hall–Kier alpha value is -1.33. The molecule has 0 unspecified atom stereocenters. The molecule has 0 aliphatic rings. The van der Waals surface area contributed by atoms with Crippen LogP contribution in [0.5, 0.6) is 0 Å². The second-order valence-electron chi connectivity index (χ2n) is 4.15. The Bertz CT molecular complexity index is 352. The highest BCUT2D eigenvalue weighted by atomic mass is 15.1. The number of aryl methyl sites for hydroxylation is 1. The van der Waals surface area contributed by atoms with Gasteiger partial charge >= 0.3 is 0 Å². The molecule has 0 spiro atoms. The van der Waals surface area contributed by atoms with E-state index in [1.807, 2.05) is 6.92 Å². The maximum atomic E-state index is 8.73. The van der Waals surface area contributed by atoms with Crippen LogP contribution in [-0.2, 0) is 6.54 Å². The molecule has 0 saturated heterocycles. The fourth-order valence-electron chi connectivity index (χ4n) is 1.65. The molecule has 0 aromatic heterocycles. The molecule has 0 fully saturated rings. The van der Waals surface area contributed by atoms with Crippen LogP contribution in [0, 0.1) is 24.2 Å². The summed E-state index contributed by atoms with van der Waals surface area (Å²) in [7, 11) is 2.06. The van der Waals surface area contributed by atoms with Gasteiger partial charge in [0, 0.05) is 13.1 Å². The van der Waals surface area contributed by atoms with Crippen molar-refractivity contribution in [2.24, 2.45) is 5.92 Å². The minimum absolute atomic E-state index is 0.0963. The van der Waals surface area contributed by atoms with Crippen molar-refractivity contribution in [3.8, 4) is 6.07 Å². The zero-order valence-electron chi connectivity index (χ0n) is 9.70. The Balaban J connectivity index is 2.56. The third kappa shape index (κ3) is 3.73. The normalized spacial score (nSPS) is 12.5. The van der Waals surface area contributed by atoms with Crippen molar-refractivity contribution >= 4 is 0 Å². The summed E-state index contributed by atoms with van der Waals surface area (Å²) < 4.78 is 0. The van der Waals surface area contributed by atoms with Crippen molar-refractivity contribution in [2.45, 2.75) is 20.4 Å². The monoisotopic (exact) mass is 202 g/mol. The fourth-order valence-corrected chi connectivity index (χ4v) is 1.65. The number of rotatable bonds is 4. The molecule has 0 aliphatic carbocycles. The number of benzene rings is 1. The summed E-state index contributed by atoms with van der Waals surface area (Å²) in [5.41, 5.74) is 2.65. The van der Waals surface area contributed by atoms with E-state index in [4.69, 9.17) is 5.26 Å². The summed E-state index contributed by atoms with van der Waals surface area (Å²) in [5.74, 6) is 0.0963. The van der Waals surface area contributed by atoms with Crippen molar-refractivity contribution < 1.29 is 0 Å². The first-order valence-electron chi connectivity index (χ1n) is 5.26. The van der Waals surface area contributed by atoms with Gasteiger partial charge in [0.25, 0.3) is 0 Å². The molecule has 0 aliphatic heterocycles. The SMILES string of the molecule is Cc1ccccc1CN(C)C[C@H](C)C#N. The van der Waals surface area contributed by atoms with Gasteiger partial charge in [-0.3, -0.25) is 0 Å². The van der Waals surface area contributed by atoms with E-state index in [0.717, 1.165) is 13.1 Å². The smallest absolute Gasteiger partial charge is 0.0666 e. The van der Waals surface area contributed by atoms with E-state index >= 15 is 0 Å². The van der Waals surface area contributed by atoms with Crippen LogP contribution in [0.4, 0.5) is 0 Å². The Kier molecular flexibility index (Phi) is 4.33. The third-order valence-electron chi connectivity index (χ3n) is 2.51. The fraction of sp³-hybridized carbons (Fsp3) is 0.462. The molecule has 1 rings (SSSR count). The molecular weight excluding hydrogens is 184 g/mol. The average molecular weight is 202 g/mol. The number of hydrogen-bond acceptors (Lipinski definition) is 2. The van der Waals surface area contributed by atoms with Gasteiger partial charge in [0.2, 0.25) is 0 Å². The molecule has 0 radical (unpaired) electrons. The molecule has 2 heteroatoms. The van der Waals surface area contributed by atoms with Crippen molar-refractivity contribution in [1.29, 1.82) is 5.26 Å². The van der Waals surface area contributed by atoms with E-state index in [0.29, 0.717) is 0 Å². The van der Waals surface area contributed by atoms with Gasteiger partial charge in [0.05, 0.1) is 12.0 Å². The van der Waals surface area contributed by atoms with Gasteiger partial charge in [0.1, 0.15) is 0 Å². The molecule has 0 heterocycles. The lowest BCUT2D eigenvalue weighted by Crippen LogP contribution is -2.23. The molecule has 1 atom stereocenters. The maximum absolute atomic E-state index is 8.73. The van der Waals surface area contributed by atoms with Gasteiger partial charge in [-0.05, 0) is 32.0 Å². The van der Waals surface area contributed by atoms with Crippen molar-refractivity contribution in [1.82, 2.24) is 4.90 Å². The van der Waals surface area contributed by atoms with Crippen LogP contribution >= 0.6 is 0 Å². The van der Waals surface area contributed by atoms with Crippen molar-refractivity contribution in [2.75, 3.05) is 13.6 Å². The maximum Gasteiger partial charge on any atom is 0.0666 e. The lowest BCUT2D eigenvalue weighted by molar-refractivity contribution is 0.302. The summed E-state index contributed by atoms with van der Waals surface area (Å²) in [4.78, 5) is 2.19. The Labute approximate surface area is 92.1 Å². The zero-order valence-corrected chi connectivity index (χ0v) is 9.70. The topological polar surface area (TPSA) is 27.0 Å². The van der Waals surface area contributed by atoms with Gasteiger partial charge in [-0.15, -0.1) is 0 Å². The van der Waals surface area contributed by atoms with E-state index in [2.05, 4.69) is 49.2 Å². The third-order valence-corrected chi connectivity index (χ3v) is 2.51. The molecule has 80 valence electrons. The first kappa shape index (κ1) is 11.7. The van der Waals surface area contributed by atoms with E-state index in [-0.39, 0.29) is 5.92 Å². The number of nitriles is 1. The highest BCUT2D eigenvalue weighted by molar-refractivity contribution is 5.25. The summed E-state index contributed by atoms with van der Waals surface area (Å²) in [6.07, 6.45) is 0. The van der Waals surface area contributed by atoms with Gasteiger partial charge in [-0.1, -0.05) is 24.3 Å². The molecule has 0 amide bonds. The molecule has 0 saturated carbocycles. The van der Waals surface area contributed by atoms with Crippen molar-refractivity contribution in [3.63, 3.8) is 0 Å². The lowest BCUT2D eigenvalue weighted by Gasteiger charge is -2.18. The second kappa shape index (κ2) is 5.53. The molecule has 1 aromatic carbocycles. The Morgan fingerprint density at radius 2 is 2.07 bits per heavy atom. The summed E-state index contributed by atoms with van der Waals surface area (Å²) in [5, 5.41) is 8.73.